The molecule has 0 unspecified atom stereocenters. The average molecular weight is 425 g/mol. The first kappa shape index (κ1) is 16.9. The molecule has 2 rings (SSSR count). The minimum atomic E-state index is -0.853. The van der Waals surface area contributed by atoms with Crippen molar-refractivity contribution in [1.82, 2.24) is 5.32 Å². The topological polar surface area (TPSA) is 29.1 Å². The summed E-state index contributed by atoms with van der Waals surface area (Å²) in [5.74, 6) is -1.77. The fourth-order valence-corrected chi connectivity index (χ4v) is 3.77. The van der Waals surface area contributed by atoms with Gasteiger partial charge in [-0.3, -0.25) is 4.79 Å². The van der Waals surface area contributed by atoms with Gasteiger partial charge >= 0.3 is 0 Å². The van der Waals surface area contributed by atoms with E-state index in [2.05, 4.69) is 44.1 Å². The molecule has 2 nitrogen and oxygen atoms in total. The first-order valence-electron chi connectivity index (χ1n) is 6.90. The highest BCUT2D eigenvalue weighted by Crippen LogP contribution is 2.33. The van der Waals surface area contributed by atoms with Gasteiger partial charge in [-0.1, -0.05) is 38.8 Å². The molecule has 1 aliphatic rings. The maximum Gasteiger partial charge on any atom is 0.257 e. The number of hydrogen-bond donors (Lipinski definition) is 1. The minimum Gasteiger partial charge on any atom is -0.346 e. The second-order valence-corrected chi connectivity index (χ2v) is 7.27. The Labute approximate surface area is 139 Å². The summed E-state index contributed by atoms with van der Waals surface area (Å²) < 4.78 is 28.0. The summed E-state index contributed by atoms with van der Waals surface area (Å²) in [6, 6.07) is 2.20. The van der Waals surface area contributed by atoms with E-state index in [9.17, 15) is 13.6 Å². The van der Waals surface area contributed by atoms with Gasteiger partial charge in [-0.05, 0) is 43.7 Å². The number of amides is 1. The van der Waals surface area contributed by atoms with Crippen LogP contribution in [0.5, 0.6) is 0 Å². The molecule has 21 heavy (non-hydrogen) atoms. The molecule has 1 fully saturated rings. The molecule has 0 spiro atoms. The molecule has 1 N–H and O–H groups in total. The molecule has 1 aliphatic carbocycles. The van der Waals surface area contributed by atoms with Crippen LogP contribution in [0.1, 0.15) is 43.0 Å². The van der Waals surface area contributed by atoms with E-state index in [0.717, 1.165) is 37.8 Å². The van der Waals surface area contributed by atoms with Crippen LogP contribution in [-0.4, -0.2) is 16.8 Å². The number of carbonyl (C=O) groups is 1. The fraction of sp³-hybridized carbons (Fsp3) is 0.533. The molecule has 0 radical (unpaired) electrons. The number of nitrogens with one attached hydrogen (secondary N) is 1. The van der Waals surface area contributed by atoms with E-state index in [-0.39, 0.29) is 4.47 Å². The Hall–Kier alpha value is -0.490. The third-order valence-corrected chi connectivity index (χ3v) is 5.63. The van der Waals surface area contributed by atoms with Crippen molar-refractivity contribution in [2.75, 3.05) is 5.33 Å². The lowest BCUT2D eigenvalue weighted by atomic mass is 9.78. The van der Waals surface area contributed by atoms with Crippen molar-refractivity contribution in [3.63, 3.8) is 0 Å². The second-order valence-electron chi connectivity index (χ2n) is 5.80. The highest BCUT2D eigenvalue weighted by atomic mass is 79.9. The molecule has 1 aromatic carbocycles. The lowest BCUT2D eigenvalue weighted by molar-refractivity contribution is 0.0865. The lowest BCUT2D eigenvalue weighted by Gasteiger charge is -2.39. The molecular weight excluding hydrogens is 408 g/mol. The first-order valence-corrected chi connectivity index (χ1v) is 8.81. The molecule has 116 valence electrons. The summed E-state index contributed by atoms with van der Waals surface area (Å²) in [5, 5.41) is 3.42. The van der Waals surface area contributed by atoms with Gasteiger partial charge in [0.05, 0.1) is 5.54 Å². The molecular formula is C15H17Br2F2NO. The molecule has 0 atom stereocenters. The van der Waals surface area contributed by atoms with Crippen molar-refractivity contribution in [1.29, 1.82) is 0 Å². The Bertz CT molecular complexity index is 519. The van der Waals surface area contributed by atoms with Crippen molar-refractivity contribution in [3.8, 4) is 0 Å². The Kier molecular flexibility index (Phi) is 5.41. The van der Waals surface area contributed by atoms with E-state index in [1.165, 1.54) is 0 Å². The predicted octanol–water partition coefficient (Wildman–Crippen LogP) is 4.80. The SMILES string of the molecule is CC1CCC(CBr)(NC(=O)c2c(F)cc(Br)cc2F)CC1. The van der Waals surface area contributed by atoms with E-state index in [4.69, 9.17) is 0 Å². The van der Waals surface area contributed by atoms with Gasteiger partial charge in [0.2, 0.25) is 0 Å². The van der Waals surface area contributed by atoms with Gasteiger partial charge < -0.3 is 5.32 Å². The van der Waals surface area contributed by atoms with Gasteiger partial charge in [0.25, 0.3) is 5.91 Å². The van der Waals surface area contributed by atoms with Gasteiger partial charge in [-0.2, -0.15) is 0 Å². The summed E-state index contributed by atoms with van der Waals surface area (Å²) in [6.45, 7) is 2.17. The summed E-state index contributed by atoms with van der Waals surface area (Å²) >= 11 is 6.43. The van der Waals surface area contributed by atoms with Crippen LogP contribution in [0.2, 0.25) is 0 Å². The predicted molar refractivity (Wildman–Crippen MR) is 85.7 cm³/mol. The van der Waals surface area contributed by atoms with Crippen LogP contribution < -0.4 is 5.32 Å². The van der Waals surface area contributed by atoms with E-state index >= 15 is 0 Å². The molecule has 0 aromatic heterocycles. The van der Waals surface area contributed by atoms with Crippen LogP contribution in [-0.2, 0) is 0 Å². The molecule has 0 heterocycles. The number of halogens is 4. The maximum absolute atomic E-state index is 13.9. The smallest absolute Gasteiger partial charge is 0.257 e. The first-order chi connectivity index (χ1) is 9.87. The molecule has 0 bridgehead atoms. The van der Waals surface area contributed by atoms with Crippen molar-refractivity contribution < 1.29 is 13.6 Å². The largest absolute Gasteiger partial charge is 0.346 e. The normalized spacial score (nSPS) is 25.7. The highest BCUT2D eigenvalue weighted by molar-refractivity contribution is 9.10. The Morgan fingerprint density at radius 2 is 1.86 bits per heavy atom. The Morgan fingerprint density at radius 3 is 2.33 bits per heavy atom. The minimum absolute atomic E-state index is 0.274. The zero-order valence-electron chi connectivity index (χ0n) is 11.7. The Balaban J connectivity index is 2.21. The lowest BCUT2D eigenvalue weighted by Crippen LogP contribution is -2.52. The average Bonchev–Trinajstić information content (AvgIpc) is 2.40. The molecule has 1 aromatic rings. The van der Waals surface area contributed by atoms with Crippen LogP contribution in [0.3, 0.4) is 0 Å². The molecule has 0 saturated heterocycles. The maximum atomic E-state index is 13.9. The van der Waals surface area contributed by atoms with E-state index < -0.39 is 28.6 Å². The van der Waals surface area contributed by atoms with Gasteiger partial charge in [0, 0.05) is 9.80 Å². The van der Waals surface area contributed by atoms with Crippen LogP contribution in [0, 0.1) is 17.6 Å². The van der Waals surface area contributed by atoms with Crippen LogP contribution in [0.25, 0.3) is 0 Å². The van der Waals surface area contributed by atoms with Gasteiger partial charge in [-0.15, -0.1) is 0 Å². The fourth-order valence-electron chi connectivity index (χ4n) is 2.67. The number of carbonyl (C=O) groups excluding carboxylic acids is 1. The molecule has 1 saturated carbocycles. The molecule has 0 aliphatic heterocycles. The summed E-state index contributed by atoms with van der Waals surface area (Å²) in [6.07, 6.45) is 3.62. The third kappa shape index (κ3) is 3.83. The number of alkyl halides is 1. The van der Waals surface area contributed by atoms with Gasteiger partial charge in [0.1, 0.15) is 17.2 Å². The number of rotatable bonds is 3. The second kappa shape index (κ2) is 6.73. The zero-order valence-corrected chi connectivity index (χ0v) is 14.9. The van der Waals surface area contributed by atoms with Gasteiger partial charge in [-0.25, -0.2) is 8.78 Å². The van der Waals surface area contributed by atoms with Crippen molar-refractivity contribution in [2.24, 2.45) is 5.92 Å². The van der Waals surface area contributed by atoms with Crippen molar-refractivity contribution in [3.05, 3.63) is 33.8 Å². The van der Waals surface area contributed by atoms with Crippen LogP contribution in [0.4, 0.5) is 8.78 Å². The highest BCUT2D eigenvalue weighted by Gasteiger charge is 2.36. The van der Waals surface area contributed by atoms with Crippen LogP contribution >= 0.6 is 31.9 Å². The van der Waals surface area contributed by atoms with E-state index in [1.54, 1.807) is 0 Å². The number of benzene rings is 1. The molecule has 1 amide bonds. The van der Waals surface area contributed by atoms with Crippen molar-refractivity contribution >= 4 is 37.8 Å². The van der Waals surface area contributed by atoms with Gasteiger partial charge in [0.15, 0.2) is 0 Å². The molecule has 6 heteroatoms. The van der Waals surface area contributed by atoms with E-state index in [0.29, 0.717) is 11.2 Å². The zero-order chi connectivity index (χ0) is 15.6. The Morgan fingerprint density at radius 1 is 1.33 bits per heavy atom. The van der Waals surface area contributed by atoms with E-state index in [1.807, 2.05) is 0 Å². The third-order valence-electron chi connectivity index (χ3n) is 4.10. The summed E-state index contributed by atoms with van der Waals surface area (Å²) in [4.78, 5) is 12.3. The summed E-state index contributed by atoms with van der Waals surface area (Å²) in [5.41, 5.74) is -0.938. The van der Waals surface area contributed by atoms with Crippen molar-refractivity contribution in [2.45, 2.75) is 38.1 Å². The monoisotopic (exact) mass is 423 g/mol. The van der Waals surface area contributed by atoms with Crippen LogP contribution in [0.15, 0.2) is 16.6 Å². The number of hydrogen-bond acceptors (Lipinski definition) is 1. The summed E-state index contributed by atoms with van der Waals surface area (Å²) in [7, 11) is 0. The quantitative estimate of drug-likeness (QED) is 0.693. The standard InChI is InChI=1S/C15H17Br2F2NO/c1-9-2-4-15(8-16,5-3-9)20-14(21)13-11(18)6-10(17)7-12(13)19/h6-7,9H,2-5,8H2,1H3,(H,20,21).